The van der Waals surface area contributed by atoms with Crippen LogP contribution in [0.15, 0.2) is 17.1 Å². The molecule has 0 aliphatic rings. The van der Waals surface area contributed by atoms with Gasteiger partial charge < -0.3 is 25.3 Å². The van der Waals surface area contributed by atoms with Crippen LogP contribution in [-0.4, -0.2) is 28.9 Å². The third-order valence-corrected chi connectivity index (χ3v) is 5.70. The standard InChI is InChI=1S/C4H8N3O10P3/c5-3-1-2-7(4(8)6-3)18(9,10)16-20(14,15)17-19(11,12)13/h1-2H,(H,9,10)(H,14,15)(H2,5,6,8)(H2,11,12,13). The molecule has 1 rings (SSSR count). The number of nitrogen functional groups attached to an aromatic ring is 1. The lowest BCUT2D eigenvalue weighted by molar-refractivity contribution is 0.221. The summed E-state index contributed by atoms with van der Waals surface area (Å²) in [4.78, 5) is 49.2. The van der Waals surface area contributed by atoms with Crippen molar-refractivity contribution in [1.82, 2.24) is 9.32 Å². The fraction of sp³-hybridized carbons (Fsp3) is 0. The summed E-state index contributed by atoms with van der Waals surface area (Å²) < 4.78 is 40.0. The summed E-state index contributed by atoms with van der Waals surface area (Å²) >= 11 is 0. The topological polar surface area (TPSA) is 212 Å². The Morgan fingerprint density at radius 1 is 1.15 bits per heavy atom. The van der Waals surface area contributed by atoms with Gasteiger partial charge in [0.15, 0.2) is 0 Å². The van der Waals surface area contributed by atoms with Crippen LogP contribution < -0.4 is 11.4 Å². The van der Waals surface area contributed by atoms with Crippen molar-refractivity contribution < 1.29 is 41.9 Å². The zero-order valence-corrected chi connectivity index (χ0v) is 11.9. The van der Waals surface area contributed by atoms with E-state index in [9.17, 15) is 23.4 Å². The van der Waals surface area contributed by atoms with Gasteiger partial charge in [-0.2, -0.15) is 13.6 Å². The maximum Gasteiger partial charge on any atom is 0.489 e. The van der Waals surface area contributed by atoms with Gasteiger partial charge >= 0.3 is 29.1 Å². The van der Waals surface area contributed by atoms with Crippen LogP contribution in [0.25, 0.3) is 0 Å². The van der Waals surface area contributed by atoms with Gasteiger partial charge in [-0.15, -0.1) is 0 Å². The molecule has 1 aromatic heterocycles. The van der Waals surface area contributed by atoms with Crippen molar-refractivity contribution >= 4 is 29.2 Å². The van der Waals surface area contributed by atoms with E-state index in [1.807, 2.05) is 0 Å². The number of nitrogens with two attached hydrogens (primary N) is 1. The molecule has 0 aromatic carbocycles. The second kappa shape index (κ2) is 5.49. The molecule has 13 nitrogen and oxygen atoms in total. The van der Waals surface area contributed by atoms with Crippen LogP contribution in [0.4, 0.5) is 5.82 Å². The SMILES string of the molecule is Nc1ccn(P(=O)(O)OP(=O)(O)OP(=O)(O)O)c(=O)n1. The summed E-state index contributed by atoms with van der Waals surface area (Å²) in [7, 11) is -16.4. The molecule has 2 atom stereocenters. The van der Waals surface area contributed by atoms with E-state index in [2.05, 4.69) is 13.6 Å². The molecule has 0 bridgehead atoms. The largest absolute Gasteiger partial charge is 0.489 e. The van der Waals surface area contributed by atoms with Gasteiger partial charge in [0.25, 0.3) is 0 Å². The van der Waals surface area contributed by atoms with Crippen LogP contribution in [0.1, 0.15) is 0 Å². The van der Waals surface area contributed by atoms with Gasteiger partial charge in [0.2, 0.25) is 0 Å². The lowest BCUT2D eigenvalue weighted by Gasteiger charge is -2.17. The minimum absolute atomic E-state index is 0.0880. The van der Waals surface area contributed by atoms with Gasteiger partial charge in [-0.05, 0) is 6.07 Å². The second-order valence-electron chi connectivity index (χ2n) is 3.09. The molecule has 0 radical (unpaired) electrons. The smallest absolute Gasteiger partial charge is 0.383 e. The molecular formula is C4H8N3O10P3. The Kier molecular flexibility index (Phi) is 4.72. The zero-order valence-electron chi connectivity index (χ0n) is 9.21. The normalized spacial score (nSPS) is 18.2. The highest BCUT2D eigenvalue weighted by atomic mass is 31.3. The van der Waals surface area contributed by atoms with Gasteiger partial charge in [0.05, 0.1) is 0 Å². The molecule has 0 saturated carbocycles. The summed E-state index contributed by atoms with van der Waals surface area (Å²) in [6.45, 7) is 0. The highest BCUT2D eigenvalue weighted by Gasteiger charge is 2.41. The molecule has 6 N–H and O–H groups in total. The number of rotatable bonds is 5. The van der Waals surface area contributed by atoms with E-state index in [4.69, 9.17) is 20.4 Å². The second-order valence-corrected chi connectivity index (χ2v) is 7.73. The number of hydrogen-bond donors (Lipinski definition) is 5. The number of phosphoric acid groups is 2. The zero-order chi connectivity index (χ0) is 15.8. The highest BCUT2D eigenvalue weighted by molar-refractivity contribution is 7.67. The maximum absolute atomic E-state index is 11.6. The molecular weight excluding hydrogens is 343 g/mol. The van der Waals surface area contributed by atoms with E-state index in [0.29, 0.717) is 6.20 Å². The molecule has 20 heavy (non-hydrogen) atoms. The average molecular weight is 351 g/mol. The lowest BCUT2D eigenvalue weighted by atomic mass is 10.6. The van der Waals surface area contributed by atoms with Crippen LogP contribution in [0, 0.1) is 0 Å². The fourth-order valence-electron chi connectivity index (χ4n) is 0.925. The monoisotopic (exact) mass is 351 g/mol. The van der Waals surface area contributed by atoms with Crippen LogP contribution in [0.3, 0.4) is 0 Å². The van der Waals surface area contributed by atoms with Crippen molar-refractivity contribution in [2.24, 2.45) is 0 Å². The Bertz CT molecular complexity index is 706. The minimum atomic E-state index is -5.63. The molecule has 0 aliphatic heterocycles. The Labute approximate surface area is 110 Å². The summed E-state index contributed by atoms with van der Waals surface area (Å²) in [5, 5.41) is 0. The third-order valence-electron chi connectivity index (χ3n) is 1.50. The Hall–Kier alpha value is -0.870. The van der Waals surface area contributed by atoms with Crippen LogP contribution >= 0.6 is 23.4 Å². The molecule has 2 unspecified atom stereocenters. The Morgan fingerprint density at radius 2 is 1.70 bits per heavy atom. The first-order valence-electron chi connectivity index (χ1n) is 4.32. The van der Waals surface area contributed by atoms with E-state index in [0.717, 1.165) is 6.07 Å². The molecule has 0 aliphatic carbocycles. The molecule has 0 saturated heterocycles. The summed E-state index contributed by atoms with van der Waals surface area (Å²) in [6, 6.07) is 0.903. The van der Waals surface area contributed by atoms with Gasteiger partial charge in [-0.25, -0.2) is 22.8 Å². The van der Waals surface area contributed by atoms with E-state index in [-0.39, 0.29) is 10.2 Å². The van der Waals surface area contributed by atoms with Crippen molar-refractivity contribution in [1.29, 1.82) is 0 Å². The number of nitrogens with zero attached hydrogens (tertiary/aromatic N) is 2. The number of anilines is 1. The number of aromatic nitrogens is 2. The fourth-order valence-corrected chi connectivity index (χ4v) is 4.27. The molecule has 1 heterocycles. The third kappa shape index (κ3) is 4.91. The predicted octanol–water partition coefficient (Wildman–Crippen LogP) is -1.000. The Morgan fingerprint density at radius 3 is 2.15 bits per heavy atom. The minimum Gasteiger partial charge on any atom is -0.383 e. The van der Waals surface area contributed by atoms with Gasteiger partial charge in [0, 0.05) is 6.20 Å². The van der Waals surface area contributed by atoms with E-state index >= 15 is 0 Å². The first-order valence-corrected chi connectivity index (χ1v) is 8.88. The molecule has 16 heteroatoms. The summed E-state index contributed by atoms with van der Waals surface area (Å²) in [6.07, 6.45) is 0.628. The molecule has 0 fully saturated rings. The molecule has 0 spiro atoms. The number of hydrogen-bond acceptors (Lipinski definition) is 8. The van der Waals surface area contributed by atoms with Crippen molar-refractivity contribution in [3.8, 4) is 0 Å². The maximum atomic E-state index is 11.6. The van der Waals surface area contributed by atoms with Crippen LogP contribution in [-0.2, 0) is 22.3 Å². The van der Waals surface area contributed by atoms with Crippen LogP contribution in [0.5, 0.6) is 0 Å². The van der Waals surface area contributed by atoms with Crippen molar-refractivity contribution in [2.45, 2.75) is 0 Å². The van der Waals surface area contributed by atoms with Crippen molar-refractivity contribution in [2.75, 3.05) is 5.73 Å². The predicted molar refractivity (Wildman–Crippen MR) is 62.2 cm³/mol. The summed E-state index contributed by atoms with van der Waals surface area (Å²) in [5.74, 6) is -0.301. The molecule has 1 aromatic rings. The van der Waals surface area contributed by atoms with E-state index < -0.39 is 29.1 Å². The molecule has 0 amide bonds. The van der Waals surface area contributed by atoms with E-state index in [1.165, 1.54) is 0 Å². The van der Waals surface area contributed by atoms with Crippen molar-refractivity contribution in [3.63, 3.8) is 0 Å². The Balaban J connectivity index is 3.12. The highest BCUT2D eigenvalue weighted by Crippen LogP contribution is 2.65. The van der Waals surface area contributed by atoms with Crippen LogP contribution in [0.2, 0.25) is 0 Å². The first kappa shape index (κ1) is 17.2. The van der Waals surface area contributed by atoms with Gasteiger partial charge in [0.1, 0.15) is 5.82 Å². The quantitative estimate of drug-likeness (QED) is 0.404. The first-order chi connectivity index (χ1) is 8.82. The van der Waals surface area contributed by atoms with Gasteiger partial charge in [-0.3, -0.25) is 0 Å². The van der Waals surface area contributed by atoms with E-state index in [1.54, 1.807) is 0 Å². The van der Waals surface area contributed by atoms with Crippen molar-refractivity contribution in [3.05, 3.63) is 22.7 Å². The average Bonchev–Trinajstić information content (AvgIpc) is 2.09. The summed E-state index contributed by atoms with van der Waals surface area (Å²) in [5.41, 5.74) is 3.72. The van der Waals surface area contributed by atoms with Gasteiger partial charge in [-0.1, -0.05) is 0 Å². The lowest BCUT2D eigenvalue weighted by Crippen LogP contribution is -2.22. The molecule has 114 valence electrons.